The van der Waals surface area contributed by atoms with E-state index in [0.29, 0.717) is 0 Å². The Hall–Kier alpha value is -4.19. The third-order valence-corrected chi connectivity index (χ3v) is 10.4. The van der Waals surface area contributed by atoms with Gasteiger partial charge in [0.05, 0.1) is 43.0 Å². The number of benzene rings is 1. The first-order valence-corrected chi connectivity index (χ1v) is 16.9. The normalized spacial score (nSPS) is 23.2. The third-order valence-electron chi connectivity index (χ3n) is 8.65. The Kier molecular flexibility index (Phi) is 10.2. The molecule has 0 radical (unpaired) electrons. The van der Waals surface area contributed by atoms with Crippen LogP contribution in [0.5, 0.6) is 17.4 Å². The van der Waals surface area contributed by atoms with Crippen molar-refractivity contribution < 1.29 is 50.2 Å². The SMILES string of the molecule is C=CC1CC1(NC(=O)C1CC(Oc2nc(C(F)(F)F)nc3cc(OC)c(OC)cc23)CN1C(=O)[C@@H](N)C(C)(C)C)C(=O)NS(=O)(=O)C(C)C. The number of nitrogens with one attached hydrogen (secondary N) is 2. The quantitative estimate of drug-likeness (QED) is 0.290. The van der Waals surface area contributed by atoms with Crippen molar-refractivity contribution in [2.75, 3.05) is 20.8 Å². The van der Waals surface area contributed by atoms with E-state index in [1.807, 2.05) is 4.72 Å². The highest BCUT2D eigenvalue weighted by atomic mass is 32.2. The molecule has 2 heterocycles. The summed E-state index contributed by atoms with van der Waals surface area (Å²) in [4.78, 5) is 49.4. The highest BCUT2D eigenvalue weighted by Crippen LogP contribution is 2.45. The molecule has 2 aromatic rings. The molecule has 270 valence electrons. The molecule has 1 aromatic heterocycles. The summed E-state index contributed by atoms with van der Waals surface area (Å²) in [7, 11) is -1.42. The van der Waals surface area contributed by atoms with Crippen molar-refractivity contribution in [3.05, 3.63) is 30.6 Å². The Morgan fingerprint density at radius 1 is 1.12 bits per heavy atom. The summed E-state index contributed by atoms with van der Waals surface area (Å²) < 4.78 is 85.1. The maximum absolute atomic E-state index is 13.9. The number of hydrogen-bond donors (Lipinski definition) is 3. The van der Waals surface area contributed by atoms with Crippen LogP contribution in [0.4, 0.5) is 13.2 Å². The lowest BCUT2D eigenvalue weighted by molar-refractivity contribution is -0.145. The molecule has 1 aliphatic carbocycles. The molecule has 1 saturated heterocycles. The van der Waals surface area contributed by atoms with Gasteiger partial charge in [0.1, 0.15) is 17.7 Å². The molecule has 3 amide bonds. The van der Waals surface area contributed by atoms with Crippen LogP contribution in [0.25, 0.3) is 10.9 Å². The summed E-state index contributed by atoms with van der Waals surface area (Å²) in [5.41, 5.74) is 3.70. The lowest BCUT2D eigenvalue weighted by Gasteiger charge is -2.33. The number of nitrogens with zero attached hydrogens (tertiary/aromatic N) is 3. The summed E-state index contributed by atoms with van der Waals surface area (Å²) in [6, 6.07) is 0.159. The van der Waals surface area contributed by atoms with Gasteiger partial charge in [0.15, 0.2) is 11.5 Å². The second kappa shape index (κ2) is 13.3. The van der Waals surface area contributed by atoms with Crippen LogP contribution < -0.4 is 30.0 Å². The van der Waals surface area contributed by atoms with Crippen molar-refractivity contribution in [3.8, 4) is 17.4 Å². The Bertz CT molecular complexity index is 1760. The second-order valence-corrected chi connectivity index (χ2v) is 15.7. The molecule has 14 nitrogen and oxygen atoms in total. The van der Waals surface area contributed by atoms with Gasteiger partial charge in [-0.15, -0.1) is 6.58 Å². The number of aromatic nitrogens is 2. The molecule has 0 spiro atoms. The van der Waals surface area contributed by atoms with Gasteiger partial charge in [0.25, 0.3) is 5.91 Å². The van der Waals surface area contributed by atoms with Crippen LogP contribution in [0, 0.1) is 11.3 Å². The number of nitrogens with two attached hydrogens (primary N) is 1. The van der Waals surface area contributed by atoms with E-state index in [9.17, 15) is 36.0 Å². The average molecular weight is 715 g/mol. The van der Waals surface area contributed by atoms with Gasteiger partial charge in [-0.05, 0) is 31.7 Å². The summed E-state index contributed by atoms with van der Waals surface area (Å²) >= 11 is 0. The van der Waals surface area contributed by atoms with Crippen LogP contribution in [0.3, 0.4) is 0 Å². The molecule has 1 aliphatic heterocycles. The van der Waals surface area contributed by atoms with Crippen LogP contribution in [0.15, 0.2) is 24.8 Å². The number of carbonyl (C=O) groups is 3. The number of hydrogen-bond acceptors (Lipinski definition) is 11. The maximum Gasteiger partial charge on any atom is 0.451 e. The lowest BCUT2D eigenvalue weighted by atomic mass is 9.86. The zero-order valence-electron chi connectivity index (χ0n) is 28.2. The molecule has 2 fully saturated rings. The fourth-order valence-corrected chi connectivity index (χ4v) is 6.08. The molecule has 4 rings (SSSR count). The molecule has 49 heavy (non-hydrogen) atoms. The summed E-state index contributed by atoms with van der Waals surface area (Å²) in [5.74, 6) is -4.77. The number of amides is 3. The topological polar surface area (TPSA) is 192 Å². The van der Waals surface area contributed by atoms with Crippen molar-refractivity contribution in [3.63, 3.8) is 0 Å². The van der Waals surface area contributed by atoms with Gasteiger partial charge >= 0.3 is 6.18 Å². The van der Waals surface area contributed by atoms with E-state index in [0.717, 1.165) is 4.90 Å². The molecule has 4 unspecified atom stereocenters. The first-order chi connectivity index (χ1) is 22.6. The van der Waals surface area contributed by atoms with Crippen LogP contribution in [0.1, 0.15) is 53.3 Å². The summed E-state index contributed by atoms with van der Waals surface area (Å²) in [5, 5.41) is 1.72. The van der Waals surface area contributed by atoms with Crippen molar-refractivity contribution >= 4 is 38.6 Å². The molecule has 1 aromatic carbocycles. The number of sulfonamides is 1. The first-order valence-electron chi connectivity index (χ1n) is 15.3. The van der Waals surface area contributed by atoms with Crippen molar-refractivity contribution in [2.24, 2.45) is 17.1 Å². The zero-order valence-corrected chi connectivity index (χ0v) is 29.0. The molecule has 0 bridgehead atoms. The summed E-state index contributed by atoms with van der Waals surface area (Å²) in [6.45, 7) is 11.3. The number of carbonyl (C=O) groups excluding carboxylic acids is 3. The van der Waals surface area contributed by atoms with Crippen LogP contribution >= 0.6 is 0 Å². The first kappa shape index (κ1) is 37.6. The molecule has 2 aliphatic rings. The largest absolute Gasteiger partial charge is 0.493 e. The van der Waals surface area contributed by atoms with E-state index in [1.54, 1.807) is 20.8 Å². The Morgan fingerprint density at radius 3 is 2.24 bits per heavy atom. The number of ether oxygens (including phenoxy) is 3. The Labute approximate surface area is 282 Å². The average Bonchev–Trinajstić information content (AvgIpc) is 3.57. The lowest BCUT2D eigenvalue weighted by Crippen LogP contribution is -2.59. The van der Waals surface area contributed by atoms with Gasteiger partial charge < -0.3 is 30.2 Å². The van der Waals surface area contributed by atoms with E-state index in [1.165, 1.54) is 46.3 Å². The number of rotatable bonds is 11. The predicted molar refractivity (Wildman–Crippen MR) is 171 cm³/mol. The maximum atomic E-state index is 13.9. The summed E-state index contributed by atoms with van der Waals surface area (Å²) in [6.07, 6.45) is -4.83. The number of alkyl halides is 3. The fourth-order valence-electron chi connectivity index (χ4n) is 5.40. The van der Waals surface area contributed by atoms with Gasteiger partial charge in [-0.1, -0.05) is 26.8 Å². The van der Waals surface area contributed by atoms with E-state index in [4.69, 9.17) is 19.9 Å². The molecular formula is C31H41F3N6O8S. The highest BCUT2D eigenvalue weighted by Gasteiger charge is 2.61. The smallest absolute Gasteiger partial charge is 0.451 e. The molecule has 18 heteroatoms. The molecule has 1 saturated carbocycles. The van der Waals surface area contributed by atoms with E-state index in [-0.39, 0.29) is 41.8 Å². The number of methoxy groups -OCH3 is 2. The standard InChI is InChI=1S/C31H41F3N6O8S/c1-9-16-13-30(16,28(43)39-49(44,45)15(2)3)38-24(41)20-10-17(14-40(20)26(42)23(35)29(4,5)6)48-25-18-11-21(46-7)22(47-8)12-19(18)36-27(37-25)31(32,33)34/h9,11-12,15-17,20,23H,1,10,13-14,35H2,2-8H3,(H,38,41)(H,39,43)/t16?,17?,20?,23-,30?/m1/s1. The van der Waals surface area contributed by atoms with Crippen LogP contribution in [-0.2, 0) is 30.6 Å². The van der Waals surface area contributed by atoms with Crippen molar-refractivity contribution in [1.29, 1.82) is 0 Å². The van der Waals surface area contributed by atoms with E-state index >= 15 is 0 Å². The monoisotopic (exact) mass is 714 g/mol. The molecule has 4 N–H and O–H groups in total. The highest BCUT2D eigenvalue weighted by molar-refractivity contribution is 7.90. The van der Waals surface area contributed by atoms with Gasteiger partial charge in [-0.3, -0.25) is 19.1 Å². The second-order valence-electron chi connectivity index (χ2n) is 13.4. The van der Waals surface area contributed by atoms with Crippen LogP contribution in [-0.4, -0.2) is 90.7 Å². The van der Waals surface area contributed by atoms with E-state index in [2.05, 4.69) is 21.9 Å². The van der Waals surface area contributed by atoms with Gasteiger partial charge in [-0.25, -0.2) is 13.4 Å². The van der Waals surface area contributed by atoms with Gasteiger partial charge in [0, 0.05) is 18.4 Å². The number of halogens is 3. The van der Waals surface area contributed by atoms with E-state index < -0.39 is 85.9 Å². The Balaban J connectivity index is 1.72. The Morgan fingerprint density at radius 2 is 1.73 bits per heavy atom. The predicted octanol–water partition coefficient (Wildman–Crippen LogP) is 2.30. The minimum absolute atomic E-state index is 0.0385. The molecular weight excluding hydrogens is 673 g/mol. The zero-order chi connectivity index (χ0) is 36.9. The van der Waals surface area contributed by atoms with Gasteiger partial charge in [0.2, 0.25) is 33.5 Å². The number of likely N-dealkylation sites (tertiary alicyclic amines) is 1. The van der Waals surface area contributed by atoms with Crippen molar-refractivity contribution in [2.45, 2.75) is 82.6 Å². The molecule has 5 atom stereocenters. The van der Waals surface area contributed by atoms with Crippen LogP contribution in [0.2, 0.25) is 0 Å². The fraction of sp³-hybridized carbons (Fsp3) is 0.581. The number of fused-ring (bicyclic) bond motifs is 1. The van der Waals surface area contributed by atoms with Crippen molar-refractivity contribution in [1.82, 2.24) is 24.9 Å². The minimum atomic E-state index is -4.96. The minimum Gasteiger partial charge on any atom is -0.493 e. The van der Waals surface area contributed by atoms with Gasteiger partial charge in [-0.2, -0.15) is 18.2 Å². The third kappa shape index (κ3) is 7.54.